The number of carbonyl (C=O) groups excluding carboxylic acids is 1. The number of benzene rings is 1. The van der Waals surface area contributed by atoms with E-state index in [0.29, 0.717) is 0 Å². The highest BCUT2D eigenvalue weighted by atomic mass is 32.1. The maximum absolute atomic E-state index is 11.7. The Hall–Kier alpha value is -2.14. The maximum atomic E-state index is 11.7. The Morgan fingerprint density at radius 3 is 2.50 bits per heavy atom. The largest absolute Gasteiger partial charge is 0.339 e. The maximum Gasteiger partial charge on any atom is 0.339 e. The molecule has 0 bridgehead atoms. The highest BCUT2D eigenvalue weighted by Gasteiger charge is 2.06. The van der Waals surface area contributed by atoms with Gasteiger partial charge < -0.3 is 5.32 Å². The zero-order chi connectivity index (χ0) is 14.5. The molecule has 2 rings (SSSR count). The van der Waals surface area contributed by atoms with Crippen LogP contribution in [0.4, 0.5) is 10.5 Å². The number of hydrogen-bond donors (Lipinski definition) is 2. The van der Waals surface area contributed by atoms with Gasteiger partial charge in [0.15, 0.2) is 0 Å². The number of carbonyl (C=O) groups is 1. The van der Waals surface area contributed by atoms with E-state index >= 15 is 0 Å². The average molecular weight is 287 g/mol. The Bertz CT molecular complexity index is 632. The van der Waals surface area contributed by atoms with Crippen LogP contribution in [-0.2, 0) is 0 Å². The zero-order valence-corrected chi connectivity index (χ0v) is 12.5. The third kappa shape index (κ3) is 3.68. The molecule has 20 heavy (non-hydrogen) atoms. The predicted octanol–water partition coefficient (Wildman–Crippen LogP) is 3.91. The Morgan fingerprint density at radius 2 is 1.90 bits per heavy atom. The van der Waals surface area contributed by atoms with Gasteiger partial charge in [-0.2, -0.15) is 5.10 Å². The normalized spacial score (nSPS) is 11.2. The molecule has 1 aromatic carbocycles. The summed E-state index contributed by atoms with van der Waals surface area (Å²) in [6.45, 7) is 6.00. The standard InChI is InChI=1S/C15H17N3OS/c1-10-9-14(12(3)20-10)11(2)17-18-15(19)16-13-7-5-4-6-8-13/h4-9H,1-3H3,(H2,16,18,19)/b17-11-. The van der Waals surface area contributed by atoms with Crippen LogP contribution in [0.3, 0.4) is 0 Å². The van der Waals surface area contributed by atoms with Crippen molar-refractivity contribution in [2.45, 2.75) is 20.8 Å². The summed E-state index contributed by atoms with van der Waals surface area (Å²) in [5.74, 6) is 0. The summed E-state index contributed by atoms with van der Waals surface area (Å²) in [6, 6.07) is 11.0. The van der Waals surface area contributed by atoms with Crippen molar-refractivity contribution >= 4 is 28.8 Å². The van der Waals surface area contributed by atoms with Gasteiger partial charge in [0.25, 0.3) is 0 Å². The van der Waals surface area contributed by atoms with Gasteiger partial charge in [-0.15, -0.1) is 11.3 Å². The van der Waals surface area contributed by atoms with Crippen molar-refractivity contribution in [2.24, 2.45) is 5.10 Å². The molecule has 2 N–H and O–H groups in total. The van der Waals surface area contributed by atoms with Crippen LogP contribution < -0.4 is 10.7 Å². The van der Waals surface area contributed by atoms with Crippen LogP contribution in [0.2, 0.25) is 0 Å². The molecule has 0 unspecified atom stereocenters. The van der Waals surface area contributed by atoms with E-state index in [4.69, 9.17) is 0 Å². The van der Waals surface area contributed by atoms with Crippen molar-refractivity contribution in [3.8, 4) is 0 Å². The minimum Gasteiger partial charge on any atom is -0.307 e. The topological polar surface area (TPSA) is 53.5 Å². The third-order valence-electron chi connectivity index (χ3n) is 2.79. The monoisotopic (exact) mass is 287 g/mol. The van der Waals surface area contributed by atoms with Crippen molar-refractivity contribution in [1.82, 2.24) is 5.43 Å². The summed E-state index contributed by atoms with van der Waals surface area (Å²) >= 11 is 1.73. The van der Waals surface area contributed by atoms with Crippen LogP contribution in [-0.4, -0.2) is 11.7 Å². The van der Waals surface area contributed by atoms with Gasteiger partial charge in [-0.3, -0.25) is 0 Å². The Morgan fingerprint density at radius 1 is 1.20 bits per heavy atom. The molecular formula is C15H17N3OS. The second kappa shape index (κ2) is 6.34. The molecule has 0 aliphatic rings. The van der Waals surface area contributed by atoms with Gasteiger partial charge in [-0.25, -0.2) is 10.2 Å². The fraction of sp³-hybridized carbons (Fsp3) is 0.200. The molecule has 1 aromatic heterocycles. The number of para-hydroxylation sites is 1. The molecule has 0 saturated carbocycles. The van der Waals surface area contributed by atoms with E-state index in [1.165, 1.54) is 9.75 Å². The van der Waals surface area contributed by atoms with E-state index in [9.17, 15) is 4.79 Å². The van der Waals surface area contributed by atoms with Crippen molar-refractivity contribution in [3.05, 3.63) is 51.7 Å². The Kier molecular flexibility index (Phi) is 4.53. The summed E-state index contributed by atoms with van der Waals surface area (Å²) in [6.07, 6.45) is 0. The number of amides is 2. The van der Waals surface area contributed by atoms with Crippen LogP contribution in [0.5, 0.6) is 0 Å². The van der Waals surface area contributed by atoms with E-state index in [-0.39, 0.29) is 6.03 Å². The summed E-state index contributed by atoms with van der Waals surface area (Å²) in [4.78, 5) is 14.2. The zero-order valence-electron chi connectivity index (χ0n) is 11.7. The van der Waals surface area contributed by atoms with Gasteiger partial charge in [0, 0.05) is 21.0 Å². The minimum absolute atomic E-state index is 0.347. The van der Waals surface area contributed by atoms with E-state index < -0.39 is 0 Å². The van der Waals surface area contributed by atoms with E-state index in [0.717, 1.165) is 17.0 Å². The molecule has 0 fully saturated rings. The quantitative estimate of drug-likeness (QED) is 0.652. The van der Waals surface area contributed by atoms with E-state index in [2.05, 4.69) is 35.8 Å². The molecule has 0 spiro atoms. The fourth-order valence-electron chi connectivity index (χ4n) is 1.87. The van der Waals surface area contributed by atoms with Gasteiger partial charge in [-0.1, -0.05) is 18.2 Å². The van der Waals surface area contributed by atoms with Crippen molar-refractivity contribution in [3.63, 3.8) is 0 Å². The molecule has 5 heteroatoms. The lowest BCUT2D eigenvalue weighted by molar-refractivity contribution is 0.252. The summed E-state index contributed by atoms with van der Waals surface area (Å²) < 4.78 is 0. The van der Waals surface area contributed by atoms with Gasteiger partial charge in [0.1, 0.15) is 0 Å². The van der Waals surface area contributed by atoms with Crippen molar-refractivity contribution < 1.29 is 4.79 Å². The van der Waals surface area contributed by atoms with Crippen LogP contribution in [0.1, 0.15) is 22.2 Å². The smallest absolute Gasteiger partial charge is 0.307 e. The van der Waals surface area contributed by atoms with E-state index in [1.54, 1.807) is 11.3 Å². The molecule has 104 valence electrons. The fourth-order valence-corrected chi connectivity index (χ4v) is 2.84. The second-order valence-corrected chi connectivity index (χ2v) is 5.92. The lowest BCUT2D eigenvalue weighted by Crippen LogP contribution is -2.25. The highest BCUT2D eigenvalue weighted by molar-refractivity contribution is 7.12. The molecule has 0 atom stereocenters. The highest BCUT2D eigenvalue weighted by Crippen LogP contribution is 2.21. The van der Waals surface area contributed by atoms with Crippen LogP contribution >= 0.6 is 11.3 Å². The number of nitrogens with one attached hydrogen (secondary N) is 2. The SMILES string of the molecule is C/C(=N/NC(=O)Nc1ccccc1)c1cc(C)sc1C. The summed E-state index contributed by atoms with van der Waals surface area (Å²) in [7, 11) is 0. The van der Waals surface area contributed by atoms with Crippen LogP contribution in [0, 0.1) is 13.8 Å². The number of aryl methyl sites for hydroxylation is 2. The van der Waals surface area contributed by atoms with Crippen LogP contribution in [0.15, 0.2) is 41.5 Å². The number of hydrogen-bond acceptors (Lipinski definition) is 3. The average Bonchev–Trinajstić information content (AvgIpc) is 2.76. The number of urea groups is 1. The lowest BCUT2D eigenvalue weighted by atomic mass is 10.2. The first-order chi connectivity index (χ1) is 9.56. The number of hydrazone groups is 1. The van der Waals surface area contributed by atoms with Crippen LogP contribution in [0.25, 0.3) is 0 Å². The number of anilines is 1. The summed E-state index contributed by atoms with van der Waals surface area (Å²) in [5.41, 5.74) is 5.12. The first-order valence-electron chi connectivity index (χ1n) is 6.30. The van der Waals surface area contributed by atoms with Gasteiger partial charge in [0.2, 0.25) is 0 Å². The molecule has 4 nitrogen and oxygen atoms in total. The van der Waals surface area contributed by atoms with Crippen molar-refractivity contribution in [1.29, 1.82) is 0 Å². The molecule has 2 aromatic rings. The first-order valence-corrected chi connectivity index (χ1v) is 7.11. The number of thiophene rings is 1. The molecule has 2 amide bonds. The first kappa shape index (κ1) is 14.3. The third-order valence-corrected chi connectivity index (χ3v) is 3.75. The molecule has 0 radical (unpaired) electrons. The second-order valence-electron chi connectivity index (χ2n) is 4.46. The molecule has 1 heterocycles. The molecule has 0 aliphatic carbocycles. The molecule has 0 aliphatic heterocycles. The minimum atomic E-state index is -0.347. The number of nitrogens with zero attached hydrogens (tertiary/aromatic N) is 1. The van der Waals surface area contributed by atoms with Crippen molar-refractivity contribution in [2.75, 3.05) is 5.32 Å². The molecular weight excluding hydrogens is 270 g/mol. The Balaban J connectivity index is 1.98. The van der Waals surface area contributed by atoms with Gasteiger partial charge in [0.05, 0.1) is 5.71 Å². The van der Waals surface area contributed by atoms with E-state index in [1.807, 2.05) is 37.3 Å². The van der Waals surface area contributed by atoms with Gasteiger partial charge >= 0.3 is 6.03 Å². The summed E-state index contributed by atoms with van der Waals surface area (Å²) in [5, 5.41) is 6.84. The molecule has 0 saturated heterocycles. The Labute approximate surface area is 122 Å². The lowest BCUT2D eigenvalue weighted by Gasteiger charge is -2.05. The predicted molar refractivity (Wildman–Crippen MR) is 84.6 cm³/mol. The van der Waals surface area contributed by atoms with Gasteiger partial charge in [-0.05, 0) is 39.0 Å². The number of rotatable bonds is 3.